The smallest absolute Gasteiger partial charge is 0.132 e. The van der Waals surface area contributed by atoms with Crippen LogP contribution in [0.3, 0.4) is 0 Å². The summed E-state index contributed by atoms with van der Waals surface area (Å²) in [4.78, 5) is 0. The van der Waals surface area contributed by atoms with E-state index in [9.17, 15) is 0 Å². The van der Waals surface area contributed by atoms with Crippen molar-refractivity contribution in [1.29, 1.82) is 0 Å². The van der Waals surface area contributed by atoms with Crippen LogP contribution in [0, 0.1) is 0 Å². The summed E-state index contributed by atoms with van der Waals surface area (Å²) in [5.41, 5.74) is 2.23. The van der Waals surface area contributed by atoms with Crippen LogP contribution in [0.2, 0.25) is 0 Å². The Morgan fingerprint density at radius 1 is 1.11 bits per heavy atom. The molecule has 2 heteroatoms. The molecular weight excluding hydrogens is 236 g/mol. The third kappa shape index (κ3) is 2.19. The number of hydrogen-bond donors (Lipinski definition) is 0. The van der Waals surface area contributed by atoms with Gasteiger partial charge in [0.25, 0.3) is 0 Å². The Labute approximate surface area is 114 Å². The molecule has 0 radical (unpaired) electrons. The van der Waals surface area contributed by atoms with Gasteiger partial charge in [0.05, 0.1) is 7.11 Å². The highest BCUT2D eigenvalue weighted by Gasteiger charge is 2.33. The third-order valence-corrected chi connectivity index (χ3v) is 3.87. The molecule has 1 aliphatic heterocycles. The molecule has 0 spiro atoms. The van der Waals surface area contributed by atoms with Crippen molar-refractivity contribution in [2.45, 2.75) is 25.4 Å². The predicted molar refractivity (Wildman–Crippen MR) is 75.7 cm³/mol. The Balaban J connectivity index is 1.96. The average molecular weight is 254 g/mol. The van der Waals surface area contributed by atoms with E-state index in [4.69, 9.17) is 9.47 Å². The van der Waals surface area contributed by atoms with E-state index in [2.05, 4.69) is 37.3 Å². The molecule has 19 heavy (non-hydrogen) atoms. The van der Waals surface area contributed by atoms with Gasteiger partial charge in [-0.05, 0) is 37.0 Å². The highest BCUT2D eigenvalue weighted by molar-refractivity contribution is 5.43. The number of methoxy groups -OCH3 is 1. The first kappa shape index (κ1) is 12.1. The van der Waals surface area contributed by atoms with Crippen LogP contribution >= 0.6 is 0 Å². The largest absolute Gasteiger partial charge is 0.497 e. The molecule has 1 unspecified atom stereocenters. The van der Waals surface area contributed by atoms with E-state index >= 15 is 0 Å². The zero-order valence-corrected chi connectivity index (χ0v) is 11.3. The first-order valence-corrected chi connectivity index (χ1v) is 6.63. The highest BCUT2D eigenvalue weighted by atomic mass is 16.5. The summed E-state index contributed by atoms with van der Waals surface area (Å²) in [6.45, 7) is 2.16. The van der Waals surface area contributed by atoms with Crippen molar-refractivity contribution in [3.05, 3.63) is 59.7 Å². The molecule has 1 aliphatic rings. The molecule has 2 nitrogen and oxygen atoms in total. The molecule has 0 fully saturated rings. The van der Waals surface area contributed by atoms with E-state index in [1.807, 2.05) is 18.2 Å². The van der Waals surface area contributed by atoms with Crippen molar-refractivity contribution in [2.24, 2.45) is 0 Å². The van der Waals surface area contributed by atoms with Crippen molar-refractivity contribution < 1.29 is 9.47 Å². The van der Waals surface area contributed by atoms with Gasteiger partial charge in [-0.1, -0.05) is 36.4 Å². The first-order chi connectivity index (χ1) is 9.21. The van der Waals surface area contributed by atoms with Crippen LogP contribution in [-0.4, -0.2) is 7.11 Å². The minimum absolute atomic E-state index is 0.249. The van der Waals surface area contributed by atoms with Crippen molar-refractivity contribution in [2.75, 3.05) is 7.11 Å². The monoisotopic (exact) mass is 254 g/mol. The van der Waals surface area contributed by atoms with Crippen LogP contribution in [0.25, 0.3) is 0 Å². The van der Waals surface area contributed by atoms with Gasteiger partial charge in [0, 0.05) is 6.07 Å². The Morgan fingerprint density at radius 3 is 2.63 bits per heavy atom. The second-order valence-corrected chi connectivity index (χ2v) is 5.17. The van der Waals surface area contributed by atoms with Gasteiger partial charge in [-0.15, -0.1) is 0 Å². The normalized spacial score (nSPS) is 21.4. The molecule has 0 amide bonds. The Hall–Kier alpha value is -1.96. The molecule has 98 valence electrons. The fourth-order valence-electron chi connectivity index (χ4n) is 2.62. The molecule has 2 aromatic rings. The fourth-order valence-corrected chi connectivity index (χ4v) is 2.62. The summed E-state index contributed by atoms with van der Waals surface area (Å²) in [6.07, 6.45) is 2.03. The number of rotatable bonds is 2. The molecule has 3 rings (SSSR count). The zero-order valence-electron chi connectivity index (χ0n) is 11.3. The maximum absolute atomic E-state index is 6.27. The van der Waals surface area contributed by atoms with Gasteiger partial charge in [0.15, 0.2) is 0 Å². The lowest BCUT2D eigenvalue weighted by Crippen LogP contribution is -2.33. The second-order valence-electron chi connectivity index (χ2n) is 5.17. The minimum atomic E-state index is -0.249. The summed E-state index contributed by atoms with van der Waals surface area (Å²) in [5.74, 6) is 1.79. The van der Waals surface area contributed by atoms with E-state index in [1.54, 1.807) is 7.11 Å². The van der Waals surface area contributed by atoms with Crippen LogP contribution in [0.5, 0.6) is 11.5 Å². The van der Waals surface area contributed by atoms with Crippen molar-refractivity contribution in [3.8, 4) is 11.5 Å². The number of benzene rings is 2. The van der Waals surface area contributed by atoms with Gasteiger partial charge in [-0.3, -0.25) is 0 Å². The number of fused-ring (bicyclic) bond motifs is 1. The Bertz CT molecular complexity index is 577. The minimum Gasteiger partial charge on any atom is -0.497 e. The molecule has 0 aliphatic carbocycles. The van der Waals surface area contributed by atoms with E-state index in [1.165, 1.54) is 11.1 Å². The molecular formula is C17H18O2. The highest BCUT2D eigenvalue weighted by Crippen LogP contribution is 2.40. The SMILES string of the molecule is COc1ccc2c(c1)OC(C)(c1ccccc1)CC2. The van der Waals surface area contributed by atoms with E-state index in [0.29, 0.717) is 0 Å². The topological polar surface area (TPSA) is 18.5 Å². The van der Waals surface area contributed by atoms with E-state index in [0.717, 1.165) is 24.3 Å². The van der Waals surface area contributed by atoms with Gasteiger partial charge >= 0.3 is 0 Å². The van der Waals surface area contributed by atoms with Crippen molar-refractivity contribution >= 4 is 0 Å². The van der Waals surface area contributed by atoms with Crippen molar-refractivity contribution in [3.63, 3.8) is 0 Å². The van der Waals surface area contributed by atoms with Crippen LogP contribution < -0.4 is 9.47 Å². The summed E-state index contributed by atoms with van der Waals surface area (Å²) < 4.78 is 11.5. The lowest BCUT2D eigenvalue weighted by Gasteiger charge is -2.36. The molecule has 0 saturated heterocycles. The van der Waals surface area contributed by atoms with Gasteiger partial charge in [0.1, 0.15) is 17.1 Å². The fraction of sp³-hybridized carbons (Fsp3) is 0.294. The van der Waals surface area contributed by atoms with E-state index < -0.39 is 0 Å². The zero-order chi connectivity index (χ0) is 13.3. The summed E-state index contributed by atoms with van der Waals surface area (Å²) in [6, 6.07) is 16.5. The number of hydrogen-bond acceptors (Lipinski definition) is 2. The quantitative estimate of drug-likeness (QED) is 0.808. The molecule has 1 heterocycles. The van der Waals surface area contributed by atoms with Crippen LogP contribution in [0.15, 0.2) is 48.5 Å². The maximum Gasteiger partial charge on any atom is 0.132 e. The molecule has 0 bridgehead atoms. The lowest BCUT2D eigenvalue weighted by molar-refractivity contribution is 0.0623. The second kappa shape index (κ2) is 4.61. The first-order valence-electron chi connectivity index (χ1n) is 6.63. The molecule has 1 atom stereocenters. The average Bonchev–Trinajstić information content (AvgIpc) is 2.47. The standard InChI is InChI=1S/C17H18O2/c1-17(14-6-4-3-5-7-14)11-10-13-8-9-15(18-2)12-16(13)19-17/h3-9,12H,10-11H2,1-2H3. The molecule has 0 aromatic heterocycles. The van der Waals surface area contributed by atoms with Crippen molar-refractivity contribution in [1.82, 2.24) is 0 Å². The molecule has 0 N–H and O–H groups in total. The number of ether oxygens (including phenoxy) is 2. The Kier molecular flexibility index (Phi) is 2.94. The Morgan fingerprint density at radius 2 is 1.89 bits per heavy atom. The third-order valence-electron chi connectivity index (χ3n) is 3.87. The maximum atomic E-state index is 6.27. The summed E-state index contributed by atoms with van der Waals surface area (Å²) in [7, 11) is 1.68. The molecule has 0 saturated carbocycles. The van der Waals surface area contributed by atoms with Crippen LogP contribution in [0.4, 0.5) is 0 Å². The summed E-state index contributed by atoms with van der Waals surface area (Å²) >= 11 is 0. The predicted octanol–water partition coefficient (Wildman–Crippen LogP) is 3.94. The molecule has 2 aromatic carbocycles. The van der Waals surface area contributed by atoms with Gasteiger partial charge in [-0.25, -0.2) is 0 Å². The van der Waals surface area contributed by atoms with E-state index in [-0.39, 0.29) is 5.60 Å². The van der Waals surface area contributed by atoms with Gasteiger partial charge in [0.2, 0.25) is 0 Å². The van der Waals surface area contributed by atoms with Gasteiger partial charge < -0.3 is 9.47 Å². The van der Waals surface area contributed by atoms with Gasteiger partial charge in [-0.2, -0.15) is 0 Å². The lowest BCUT2D eigenvalue weighted by atomic mass is 9.86. The van der Waals surface area contributed by atoms with Crippen LogP contribution in [0.1, 0.15) is 24.5 Å². The summed E-state index contributed by atoms with van der Waals surface area (Å²) in [5, 5.41) is 0. The number of aryl methyl sites for hydroxylation is 1. The van der Waals surface area contributed by atoms with Crippen LogP contribution in [-0.2, 0) is 12.0 Å².